The fourth-order valence-electron chi connectivity index (χ4n) is 5.87. The van der Waals surface area contributed by atoms with E-state index >= 15 is 0 Å². The molecular weight excluding hydrogens is 575 g/mol. The van der Waals surface area contributed by atoms with E-state index < -0.39 is 11.9 Å². The highest BCUT2D eigenvalue weighted by Crippen LogP contribution is 2.44. The second-order valence-electron chi connectivity index (χ2n) is 11.1. The molecule has 3 aromatic heterocycles. The molecule has 1 amide bonds. The van der Waals surface area contributed by atoms with Crippen LogP contribution < -0.4 is 14.4 Å². The van der Waals surface area contributed by atoms with E-state index in [-0.39, 0.29) is 23.9 Å². The van der Waals surface area contributed by atoms with Crippen LogP contribution in [0.2, 0.25) is 0 Å². The molecule has 44 heavy (non-hydrogen) atoms. The van der Waals surface area contributed by atoms with Gasteiger partial charge in [-0.1, -0.05) is 0 Å². The molecule has 0 unspecified atom stereocenters. The van der Waals surface area contributed by atoms with Crippen LogP contribution in [0.1, 0.15) is 51.8 Å². The second-order valence-corrected chi connectivity index (χ2v) is 11.1. The maximum absolute atomic E-state index is 14.4. The number of imidazole rings is 1. The summed E-state index contributed by atoms with van der Waals surface area (Å²) in [5.74, 6) is 1.92. The zero-order valence-electron chi connectivity index (χ0n) is 24.2. The Kier molecular flexibility index (Phi) is 6.56. The number of carbonyl (C=O) groups excluding carboxylic acids is 1. The summed E-state index contributed by atoms with van der Waals surface area (Å²) < 4.78 is 56.3. The number of hydrogen-bond donors (Lipinski definition) is 0. The molecule has 0 bridgehead atoms. The van der Waals surface area contributed by atoms with Crippen LogP contribution in [0.25, 0.3) is 22.0 Å². The second kappa shape index (κ2) is 10.4. The summed E-state index contributed by atoms with van der Waals surface area (Å²) in [7, 11) is 4.53. The summed E-state index contributed by atoms with van der Waals surface area (Å²) in [5.41, 5.74) is 1.41. The minimum atomic E-state index is -4.67. The molecule has 1 aliphatic heterocycles. The number of fused-ring (bicyclic) bond motifs is 2. The van der Waals surface area contributed by atoms with Crippen molar-refractivity contribution in [3.63, 3.8) is 0 Å². The highest BCUT2D eigenvalue weighted by atomic mass is 19.4. The summed E-state index contributed by atoms with van der Waals surface area (Å²) in [6.45, 7) is 0.528. The van der Waals surface area contributed by atoms with Crippen molar-refractivity contribution in [3.05, 3.63) is 77.4 Å². The van der Waals surface area contributed by atoms with Crippen molar-refractivity contribution in [2.24, 2.45) is 7.05 Å². The van der Waals surface area contributed by atoms with E-state index in [0.29, 0.717) is 69.3 Å². The molecule has 2 aromatic carbocycles. The Labute approximate surface area is 250 Å². The van der Waals surface area contributed by atoms with Gasteiger partial charge in [0, 0.05) is 67.2 Å². The minimum absolute atomic E-state index is 0.0645. The summed E-state index contributed by atoms with van der Waals surface area (Å²) >= 11 is 0. The number of halogens is 3. The highest BCUT2D eigenvalue weighted by Gasteiger charge is 2.39. The van der Waals surface area contributed by atoms with Crippen LogP contribution in [-0.4, -0.2) is 56.0 Å². The Morgan fingerprint density at radius 2 is 1.75 bits per heavy atom. The number of aryl methyl sites for hydroxylation is 1. The number of aromatic nitrogens is 6. The summed E-state index contributed by atoms with van der Waals surface area (Å²) in [4.78, 5) is 29.7. The normalized spacial score (nSPS) is 15.1. The van der Waals surface area contributed by atoms with Gasteiger partial charge in [0.1, 0.15) is 11.6 Å². The maximum atomic E-state index is 14.4. The molecule has 1 saturated carbocycles. The maximum Gasteiger partial charge on any atom is 0.435 e. The molecule has 0 atom stereocenters. The molecule has 5 aromatic rings. The number of nitrogens with zero attached hydrogens (tertiary/aromatic N) is 7. The predicted molar refractivity (Wildman–Crippen MR) is 155 cm³/mol. The number of carbonyl (C=O) groups is 1. The van der Waals surface area contributed by atoms with E-state index in [1.54, 1.807) is 59.6 Å². The molecule has 4 heterocycles. The van der Waals surface area contributed by atoms with Crippen molar-refractivity contribution >= 4 is 22.6 Å². The number of anilines is 1. The lowest BCUT2D eigenvalue weighted by Gasteiger charge is -2.31. The lowest BCUT2D eigenvalue weighted by Crippen LogP contribution is -2.39. The molecule has 226 valence electrons. The van der Waals surface area contributed by atoms with Crippen molar-refractivity contribution in [1.29, 1.82) is 0 Å². The van der Waals surface area contributed by atoms with Crippen LogP contribution in [-0.2, 0) is 26.2 Å². The van der Waals surface area contributed by atoms with Gasteiger partial charge in [-0.3, -0.25) is 14.4 Å². The first-order valence-corrected chi connectivity index (χ1v) is 14.1. The molecule has 7 rings (SSSR count). The van der Waals surface area contributed by atoms with E-state index in [2.05, 4.69) is 10.1 Å². The van der Waals surface area contributed by atoms with Crippen molar-refractivity contribution in [3.8, 4) is 22.6 Å². The van der Waals surface area contributed by atoms with Gasteiger partial charge in [-0.05, 0) is 54.2 Å². The largest absolute Gasteiger partial charge is 0.493 e. The van der Waals surface area contributed by atoms with Gasteiger partial charge < -0.3 is 14.0 Å². The van der Waals surface area contributed by atoms with Gasteiger partial charge in [-0.2, -0.15) is 18.3 Å². The van der Waals surface area contributed by atoms with Gasteiger partial charge in [0.15, 0.2) is 17.2 Å². The van der Waals surface area contributed by atoms with Gasteiger partial charge in [0.05, 0.1) is 26.1 Å². The van der Waals surface area contributed by atoms with Gasteiger partial charge in [0.2, 0.25) is 0 Å². The molecule has 1 aliphatic carbocycles. The van der Waals surface area contributed by atoms with Crippen molar-refractivity contribution in [1.82, 2.24) is 29.3 Å². The lowest BCUT2D eigenvalue weighted by molar-refractivity contribution is -0.140. The van der Waals surface area contributed by atoms with Crippen LogP contribution in [0.3, 0.4) is 0 Å². The Morgan fingerprint density at radius 1 is 1.00 bits per heavy atom. The SMILES string of the molecule is COc1cc2nc(C3CC3)nc(N3CCc4c(cc(Cn5ccnc5)cc4-c4cn(C)nc4C(F)(F)F)C3=O)c2cc1OC. The quantitative estimate of drug-likeness (QED) is 0.246. The fourth-order valence-corrected chi connectivity index (χ4v) is 5.87. The van der Waals surface area contributed by atoms with E-state index in [1.807, 2.05) is 0 Å². The predicted octanol–water partition coefficient (Wildman–Crippen LogP) is 5.39. The lowest BCUT2D eigenvalue weighted by atomic mass is 9.88. The van der Waals surface area contributed by atoms with E-state index in [9.17, 15) is 18.0 Å². The number of ether oxygens (including phenoxy) is 2. The van der Waals surface area contributed by atoms with Gasteiger partial charge >= 0.3 is 6.18 Å². The van der Waals surface area contributed by atoms with Crippen LogP contribution in [0.4, 0.5) is 19.0 Å². The van der Waals surface area contributed by atoms with E-state index in [1.165, 1.54) is 20.4 Å². The van der Waals surface area contributed by atoms with Crippen LogP contribution in [0.5, 0.6) is 11.5 Å². The van der Waals surface area contributed by atoms with E-state index in [0.717, 1.165) is 17.5 Å². The number of benzene rings is 2. The minimum Gasteiger partial charge on any atom is -0.493 e. The average Bonchev–Trinajstić information content (AvgIpc) is 3.58. The van der Waals surface area contributed by atoms with Gasteiger partial charge in [0.25, 0.3) is 5.91 Å². The van der Waals surface area contributed by atoms with Crippen molar-refractivity contribution in [2.75, 3.05) is 25.7 Å². The third kappa shape index (κ3) is 4.81. The van der Waals surface area contributed by atoms with E-state index in [4.69, 9.17) is 19.4 Å². The van der Waals surface area contributed by atoms with Crippen LogP contribution in [0, 0.1) is 0 Å². The topological polar surface area (TPSA) is 100 Å². The molecule has 0 saturated heterocycles. The molecule has 2 aliphatic rings. The Balaban J connectivity index is 1.40. The first-order valence-electron chi connectivity index (χ1n) is 14.1. The summed E-state index contributed by atoms with van der Waals surface area (Å²) in [6, 6.07) is 7.01. The van der Waals surface area contributed by atoms with Crippen molar-refractivity contribution < 1.29 is 27.4 Å². The standard InChI is InChI=1S/C31H28F3N7O3/c1-39-15-23(27(38-39)31(32,33)34)20-10-17(14-40-9-7-35-16-40)11-21-19(20)6-8-41(30(21)42)29-22-12-25(43-2)26(44-3)13-24(22)36-28(37-29)18-4-5-18/h7,9-13,15-16,18H,4-6,8,14H2,1-3H3. The van der Waals surface area contributed by atoms with Crippen molar-refractivity contribution in [2.45, 2.75) is 37.9 Å². The molecule has 0 radical (unpaired) electrons. The van der Waals surface area contributed by atoms with Gasteiger partial charge in [-0.25, -0.2) is 15.0 Å². The molecular formula is C31H28F3N7O3. The number of amides is 1. The number of methoxy groups -OCH3 is 2. The number of hydrogen-bond acceptors (Lipinski definition) is 7. The number of alkyl halides is 3. The monoisotopic (exact) mass is 603 g/mol. The summed E-state index contributed by atoms with van der Waals surface area (Å²) in [6.07, 6.45) is 3.91. The first kappa shape index (κ1) is 27.9. The van der Waals surface area contributed by atoms with Crippen LogP contribution >= 0.6 is 0 Å². The molecule has 1 fully saturated rings. The third-order valence-corrected chi connectivity index (χ3v) is 8.08. The third-order valence-electron chi connectivity index (χ3n) is 8.08. The number of rotatable bonds is 7. The van der Waals surface area contributed by atoms with Gasteiger partial charge in [-0.15, -0.1) is 0 Å². The Bertz CT molecular complexity index is 1910. The summed E-state index contributed by atoms with van der Waals surface area (Å²) in [5, 5.41) is 4.35. The zero-order valence-corrected chi connectivity index (χ0v) is 24.2. The Morgan fingerprint density at radius 3 is 2.43 bits per heavy atom. The molecule has 13 heteroatoms. The van der Waals surface area contributed by atoms with Crippen LogP contribution in [0.15, 0.2) is 49.2 Å². The smallest absolute Gasteiger partial charge is 0.435 e. The Hall–Kier alpha value is -4.94. The fraction of sp³-hybridized carbons (Fsp3) is 0.323. The highest BCUT2D eigenvalue weighted by molar-refractivity contribution is 6.12. The molecule has 0 spiro atoms. The zero-order chi connectivity index (χ0) is 30.7. The average molecular weight is 604 g/mol. The first-order chi connectivity index (χ1) is 21.1. The molecule has 0 N–H and O–H groups in total. The molecule has 10 nitrogen and oxygen atoms in total.